The van der Waals surface area contributed by atoms with Gasteiger partial charge in [-0.1, -0.05) is 19.9 Å². The van der Waals surface area contributed by atoms with Crippen LogP contribution >= 0.6 is 0 Å². The molecule has 1 atom stereocenters. The van der Waals surface area contributed by atoms with Crippen LogP contribution in [0.2, 0.25) is 0 Å². The Morgan fingerprint density at radius 2 is 2.21 bits per heavy atom. The Kier molecular flexibility index (Phi) is 3.63. The van der Waals surface area contributed by atoms with E-state index in [9.17, 15) is 4.79 Å². The fourth-order valence-corrected chi connectivity index (χ4v) is 1.31. The first-order valence-electron chi connectivity index (χ1n) is 4.68. The zero-order valence-electron chi connectivity index (χ0n) is 8.73. The number of hydrogen-bond donors (Lipinski definition) is 0. The number of esters is 1. The van der Waals surface area contributed by atoms with Crippen molar-refractivity contribution < 1.29 is 9.53 Å². The van der Waals surface area contributed by atoms with Crippen LogP contribution in [0.1, 0.15) is 32.4 Å². The van der Waals surface area contributed by atoms with Crippen molar-refractivity contribution in [3.05, 3.63) is 30.1 Å². The average Bonchev–Trinajstić information content (AvgIpc) is 2.15. The van der Waals surface area contributed by atoms with Crippen LogP contribution in [0.5, 0.6) is 0 Å². The van der Waals surface area contributed by atoms with Gasteiger partial charge in [-0.05, 0) is 12.0 Å². The van der Waals surface area contributed by atoms with Gasteiger partial charge in [0.25, 0.3) is 0 Å². The number of carbonyl (C=O) groups is 1. The number of ether oxygens (including phenoxy) is 1. The smallest absolute Gasteiger partial charge is 0.303 e. The molecule has 1 aromatic heterocycles. The normalized spacial score (nSPS) is 12.6. The van der Waals surface area contributed by atoms with Gasteiger partial charge in [-0.15, -0.1) is 0 Å². The second-order valence-electron chi connectivity index (χ2n) is 3.56. The Hall–Kier alpha value is -1.38. The van der Waals surface area contributed by atoms with E-state index in [2.05, 4.69) is 4.98 Å². The van der Waals surface area contributed by atoms with Gasteiger partial charge in [-0.25, -0.2) is 0 Å². The topological polar surface area (TPSA) is 39.2 Å². The van der Waals surface area contributed by atoms with Gasteiger partial charge in [0.05, 0.1) is 0 Å². The SMILES string of the molecule is CC(=O)OC(c1cccnc1)C(C)C. The van der Waals surface area contributed by atoms with Gasteiger partial charge >= 0.3 is 5.97 Å². The maximum Gasteiger partial charge on any atom is 0.303 e. The van der Waals surface area contributed by atoms with E-state index in [-0.39, 0.29) is 18.0 Å². The van der Waals surface area contributed by atoms with E-state index in [1.165, 1.54) is 6.92 Å². The fourth-order valence-electron chi connectivity index (χ4n) is 1.31. The summed E-state index contributed by atoms with van der Waals surface area (Å²) in [6.45, 7) is 5.45. The molecule has 1 heterocycles. The van der Waals surface area contributed by atoms with E-state index in [0.717, 1.165) is 5.56 Å². The number of pyridine rings is 1. The number of rotatable bonds is 3. The molecule has 0 bridgehead atoms. The summed E-state index contributed by atoms with van der Waals surface area (Å²) in [4.78, 5) is 14.9. The standard InChI is InChI=1S/C11H15NO2/c1-8(2)11(14-9(3)13)10-5-4-6-12-7-10/h4-8,11H,1-3H3. The molecule has 0 saturated carbocycles. The lowest BCUT2D eigenvalue weighted by atomic mass is 10.0. The van der Waals surface area contributed by atoms with E-state index in [0.29, 0.717) is 0 Å². The van der Waals surface area contributed by atoms with Gasteiger partial charge in [-0.2, -0.15) is 0 Å². The van der Waals surface area contributed by atoms with E-state index < -0.39 is 0 Å². The van der Waals surface area contributed by atoms with Crippen molar-refractivity contribution in [2.24, 2.45) is 5.92 Å². The molecule has 1 aromatic rings. The molecule has 0 N–H and O–H groups in total. The largest absolute Gasteiger partial charge is 0.457 e. The van der Waals surface area contributed by atoms with Gasteiger partial charge in [0.1, 0.15) is 6.10 Å². The van der Waals surface area contributed by atoms with Crippen molar-refractivity contribution in [2.75, 3.05) is 0 Å². The minimum Gasteiger partial charge on any atom is -0.457 e. The van der Waals surface area contributed by atoms with Gasteiger partial charge in [-0.3, -0.25) is 9.78 Å². The second kappa shape index (κ2) is 4.74. The molecule has 0 aliphatic carbocycles. The van der Waals surface area contributed by atoms with Crippen molar-refractivity contribution in [3.8, 4) is 0 Å². The van der Waals surface area contributed by atoms with Crippen molar-refractivity contribution >= 4 is 5.97 Å². The Bertz CT molecular complexity index is 295. The lowest BCUT2D eigenvalue weighted by Crippen LogP contribution is -2.14. The summed E-state index contributed by atoms with van der Waals surface area (Å²) in [7, 11) is 0. The van der Waals surface area contributed by atoms with Gasteiger partial charge in [0.15, 0.2) is 0 Å². The van der Waals surface area contributed by atoms with Crippen molar-refractivity contribution in [3.63, 3.8) is 0 Å². The number of hydrogen-bond acceptors (Lipinski definition) is 3. The fraction of sp³-hybridized carbons (Fsp3) is 0.455. The molecular weight excluding hydrogens is 178 g/mol. The van der Waals surface area contributed by atoms with Crippen LogP contribution in [-0.4, -0.2) is 11.0 Å². The lowest BCUT2D eigenvalue weighted by molar-refractivity contribution is -0.149. The van der Waals surface area contributed by atoms with Crippen LogP contribution in [0.3, 0.4) is 0 Å². The lowest BCUT2D eigenvalue weighted by Gasteiger charge is -2.20. The molecule has 0 amide bonds. The molecule has 3 heteroatoms. The molecule has 14 heavy (non-hydrogen) atoms. The summed E-state index contributed by atoms with van der Waals surface area (Å²) in [5.74, 6) is -0.00402. The van der Waals surface area contributed by atoms with Gasteiger partial charge in [0.2, 0.25) is 0 Å². The van der Waals surface area contributed by atoms with E-state index in [4.69, 9.17) is 4.74 Å². The molecular formula is C11H15NO2. The summed E-state index contributed by atoms with van der Waals surface area (Å²) in [5, 5.41) is 0. The van der Waals surface area contributed by atoms with Crippen molar-refractivity contribution in [1.82, 2.24) is 4.98 Å². The van der Waals surface area contributed by atoms with E-state index in [1.807, 2.05) is 26.0 Å². The molecule has 1 rings (SSSR count). The van der Waals surface area contributed by atoms with E-state index >= 15 is 0 Å². The maximum atomic E-state index is 10.9. The minimum atomic E-state index is -0.257. The van der Waals surface area contributed by atoms with Crippen LogP contribution in [0.25, 0.3) is 0 Å². The van der Waals surface area contributed by atoms with Crippen LogP contribution in [0, 0.1) is 5.92 Å². The third-order valence-corrected chi connectivity index (χ3v) is 1.91. The molecule has 0 fully saturated rings. The summed E-state index contributed by atoms with van der Waals surface area (Å²) < 4.78 is 5.22. The third-order valence-electron chi connectivity index (χ3n) is 1.91. The second-order valence-corrected chi connectivity index (χ2v) is 3.56. The molecule has 0 aliphatic heterocycles. The van der Waals surface area contributed by atoms with Crippen molar-refractivity contribution in [1.29, 1.82) is 0 Å². The number of aromatic nitrogens is 1. The van der Waals surface area contributed by atoms with Crippen LogP contribution in [0.15, 0.2) is 24.5 Å². The molecule has 3 nitrogen and oxygen atoms in total. The highest BCUT2D eigenvalue weighted by atomic mass is 16.5. The highest BCUT2D eigenvalue weighted by Crippen LogP contribution is 2.24. The first-order valence-corrected chi connectivity index (χ1v) is 4.68. The van der Waals surface area contributed by atoms with Gasteiger partial charge < -0.3 is 4.74 Å². The molecule has 0 aromatic carbocycles. The molecule has 0 spiro atoms. The van der Waals surface area contributed by atoms with Crippen LogP contribution in [-0.2, 0) is 9.53 Å². The zero-order valence-corrected chi connectivity index (χ0v) is 8.73. The third kappa shape index (κ3) is 2.83. The van der Waals surface area contributed by atoms with Crippen LogP contribution < -0.4 is 0 Å². The summed E-state index contributed by atoms with van der Waals surface area (Å²) >= 11 is 0. The van der Waals surface area contributed by atoms with E-state index in [1.54, 1.807) is 12.4 Å². The first kappa shape index (κ1) is 10.7. The minimum absolute atomic E-state index is 0.193. The summed E-state index contributed by atoms with van der Waals surface area (Å²) in [6, 6.07) is 3.76. The molecule has 76 valence electrons. The Morgan fingerprint density at radius 1 is 1.50 bits per heavy atom. The van der Waals surface area contributed by atoms with Gasteiger partial charge in [0, 0.05) is 24.9 Å². The molecule has 0 radical (unpaired) electrons. The molecule has 0 saturated heterocycles. The van der Waals surface area contributed by atoms with Crippen molar-refractivity contribution in [2.45, 2.75) is 26.9 Å². The Labute approximate surface area is 84.1 Å². The molecule has 0 aliphatic rings. The quantitative estimate of drug-likeness (QED) is 0.692. The predicted octanol–water partition coefficient (Wildman–Crippen LogP) is 2.34. The molecule has 1 unspecified atom stereocenters. The average molecular weight is 193 g/mol. The Balaban J connectivity index is 2.83. The highest BCUT2D eigenvalue weighted by Gasteiger charge is 2.18. The summed E-state index contributed by atoms with van der Waals surface area (Å²) in [5.41, 5.74) is 0.942. The zero-order chi connectivity index (χ0) is 10.6. The monoisotopic (exact) mass is 193 g/mol. The predicted molar refractivity (Wildman–Crippen MR) is 53.6 cm³/mol. The number of nitrogens with zero attached hydrogens (tertiary/aromatic N) is 1. The first-order chi connectivity index (χ1) is 6.61. The summed E-state index contributed by atoms with van der Waals surface area (Å²) in [6.07, 6.45) is 3.24. The maximum absolute atomic E-state index is 10.9. The Morgan fingerprint density at radius 3 is 2.64 bits per heavy atom. The highest BCUT2D eigenvalue weighted by molar-refractivity contribution is 5.66. The number of carbonyl (C=O) groups excluding carboxylic acids is 1. The van der Waals surface area contributed by atoms with Crippen LogP contribution in [0.4, 0.5) is 0 Å².